The Balaban J connectivity index is 2.23. The van der Waals surface area contributed by atoms with Gasteiger partial charge in [-0.25, -0.2) is 4.79 Å². The molecule has 0 aliphatic carbocycles. The summed E-state index contributed by atoms with van der Waals surface area (Å²) in [7, 11) is 0. The summed E-state index contributed by atoms with van der Waals surface area (Å²) in [6.07, 6.45) is 1.69. The van der Waals surface area contributed by atoms with Crippen LogP contribution in [0.3, 0.4) is 0 Å². The lowest BCUT2D eigenvalue weighted by Gasteiger charge is -2.39. The summed E-state index contributed by atoms with van der Waals surface area (Å²) in [6, 6.07) is 7.13. The number of hydrogen-bond donors (Lipinski definition) is 1. The molecule has 0 saturated carbocycles. The lowest BCUT2D eigenvalue weighted by atomic mass is 9.90. The molecule has 0 spiro atoms. The highest BCUT2D eigenvalue weighted by molar-refractivity contribution is 5.69. The maximum absolute atomic E-state index is 12.5. The van der Waals surface area contributed by atoms with Gasteiger partial charge in [-0.2, -0.15) is 0 Å². The number of phenolic OH excluding ortho intramolecular Hbond substituents is 1. The van der Waals surface area contributed by atoms with E-state index in [4.69, 9.17) is 4.74 Å². The van der Waals surface area contributed by atoms with Crippen molar-refractivity contribution in [3.63, 3.8) is 0 Å². The molecule has 1 saturated heterocycles. The van der Waals surface area contributed by atoms with Crippen molar-refractivity contribution in [3.8, 4) is 5.75 Å². The van der Waals surface area contributed by atoms with E-state index in [1.165, 1.54) is 0 Å². The maximum atomic E-state index is 12.5. The Hall–Kier alpha value is -1.71. The zero-order chi connectivity index (χ0) is 15.6. The van der Waals surface area contributed by atoms with Gasteiger partial charge in [0.2, 0.25) is 0 Å². The minimum atomic E-state index is -0.499. The van der Waals surface area contributed by atoms with E-state index in [0.717, 1.165) is 18.4 Å². The van der Waals surface area contributed by atoms with E-state index in [1.807, 2.05) is 32.9 Å². The molecule has 116 valence electrons. The summed E-state index contributed by atoms with van der Waals surface area (Å²) < 4.78 is 5.53. The smallest absolute Gasteiger partial charge is 0.410 e. The first-order valence-corrected chi connectivity index (χ1v) is 7.55. The average Bonchev–Trinajstić information content (AvgIpc) is 2.36. The molecular weight excluding hydrogens is 266 g/mol. The van der Waals surface area contributed by atoms with Crippen molar-refractivity contribution in [3.05, 3.63) is 29.8 Å². The van der Waals surface area contributed by atoms with Crippen LogP contribution in [0, 0.1) is 5.92 Å². The Bertz CT molecular complexity index is 507. The average molecular weight is 291 g/mol. The van der Waals surface area contributed by atoms with Crippen molar-refractivity contribution < 1.29 is 14.6 Å². The predicted molar refractivity (Wildman–Crippen MR) is 82.2 cm³/mol. The molecule has 21 heavy (non-hydrogen) atoms. The maximum Gasteiger partial charge on any atom is 0.410 e. The molecule has 1 aromatic rings. The van der Waals surface area contributed by atoms with Crippen LogP contribution in [0.2, 0.25) is 0 Å². The van der Waals surface area contributed by atoms with Crippen LogP contribution in [0.4, 0.5) is 4.79 Å². The Labute approximate surface area is 126 Å². The van der Waals surface area contributed by atoms with Gasteiger partial charge in [-0.15, -0.1) is 0 Å². The second-order valence-corrected chi connectivity index (χ2v) is 6.93. The van der Waals surface area contributed by atoms with E-state index in [9.17, 15) is 9.90 Å². The van der Waals surface area contributed by atoms with E-state index in [1.54, 1.807) is 17.0 Å². The summed E-state index contributed by atoms with van der Waals surface area (Å²) in [5.41, 5.74) is 0.467. The summed E-state index contributed by atoms with van der Waals surface area (Å²) >= 11 is 0. The third kappa shape index (κ3) is 4.13. The molecule has 1 aromatic carbocycles. The molecule has 2 rings (SSSR count). The molecule has 0 aromatic heterocycles. The van der Waals surface area contributed by atoms with Gasteiger partial charge in [0, 0.05) is 6.54 Å². The van der Waals surface area contributed by atoms with E-state index >= 15 is 0 Å². The number of phenols is 1. The minimum Gasteiger partial charge on any atom is -0.508 e. The van der Waals surface area contributed by atoms with Crippen molar-refractivity contribution >= 4 is 6.09 Å². The summed E-state index contributed by atoms with van der Waals surface area (Å²) in [5, 5.41) is 9.67. The van der Waals surface area contributed by atoms with Gasteiger partial charge in [0.15, 0.2) is 0 Å². The molecule has 1 heterocycles. The number of rotatable bonds is 1. The van der Waals surface area contributed by atoms with E-state index in [-0.39, 0.29) is 17.9 Å². The lowest BCUT2D eigenvalue weighted by Crippen LogP contribution is -2.44. The Morgan fingerprint density at radius 2 is 2.05 bits per heavy atom. The zero-order valence-electron chi connectivity index (χ0n) is 13.3. The van der Waals surface area contributed by atoms with E-state index < -0.39 is 5.60 Å². The minimum absolute atomic E-state index is 0.0249. The topological polar surface area (TPSA) is 49.8 Å². The fourth-order valence-corrected chi connectivity index (χ4v) is 2.75. The number of aromatic hydroxyl groups is 1. The van der Waals surface area contributed by atoms with Gasteiger partial charge in [-0.05, 0) is 57.2 Å². The number of benzene rings is 1. The van der Waals surface area contributed by atoms with Gasteiger partial charge >= 0.3 is 6.09 Å². The molecule has 1 unspecified atom stereocenters. The van der Waals surface area contributed by atoms with E-state index in [0.29, 0.717) is 12.5 Å². The van der Waals surface area contributed by atoms with Gasteiger partial charge in [-0.1, -0.05) is 19.1 Å². The fourth-order valence-electron chi connectivity index (χ4n) is 2.75. The Morgan fingerprint density at radius 1 is 1.33 bits per heavy atom. The second kappa shape index (κ2) is 5.96. The fraction of sp³-hybridized carbons (Fsp3) is 0.588. The van der Waals surface area contributed by atoms with Crippen LogP contribution in [0.15, 0.2) is 24.3 Å². The van der Waals surface area contributed by atoms with Crippen LogP contribution in [0.5, 0.6) is 5.75 Å². The van der Waals surface area contributed by atoms with Crippen molar-refractivity contribution in [2.24, 2.45) is 5.92 Å². The normalized spacial score (nSPS) is 23.0. The number of carbonyl (C=O) groups is 1. The number of carbonyl (C=O) groups excluding carboxylic acids is 1. The van der Waals surface area contributed by atoms with Gasteiger partial charge < -0.3 is 14.7 Å². The van der Waals surface area contributed by atoms with Crippen molar-refractivity contribution in [2.75, 3.05) is 6.54 Å². The lowest BCUT2D eigenvalue weighted by molar-refractivity contribution is 0.00360. The molecule has 0 bridgehead atoms. The molecule has 1 aliphatic heterocycles. The number of amides is 1. The monoisotopic (exact) mass is 291 g/mol. The quantitative estimate of drug-likeness (QED) is 0.847. The first-order valence-electron chi connectivity index (χ1n) is 7.55. The van der Waals surface area contributed by atoms with Crippen molar-refractivity contribution in [1.29, 1.82) is 0 Å². The molecule has 0 radical (unpaired) electrons. The first-order chi connectivity index (χ1) is 9.76. The number of likely N-dealkylation sites (tertiary alicyclic amines) is 1. The molecule has 4 heteroatoms. The molecule has 1 N–H and O–H groups in total. The van der Waals surface area contributed by atoms with Crippen LogP contribution in [-0.2, 0) is 4.74 Å². The number of ether oxygens (including phenoxy) is 1. The van der Waals surface area contributed by atoms with Crippen LogP contribution >= 0.6 is 0 Å². The van der Waals surface area contributed by atoms with Crippen molar-refractivity contribution in [1.82, 2.24) is 4.90 Å². The molecule has 2 atom stereocenters. The van der Waals surface area contributed by atoms with E-state index in [2.05, 4.69) is 6.92 Å². The molecule has 1 aliphatic rings. The molecule has 1 amide bonds. The highest BCUT2D eigenvalue weighted by Crippen LogP contribution is 2.35. The largest absolute Gasteiger partial charge is 0.508 e. The van der Waals surface area contributed by atoms with Gasteiger partial charge in [0.1, 0.15) is 11.4 Å². The third-order valence-corrected chi connectivity index (χ3v) is 3.70. The van der Waals surface area contributed by atoms with Gasteiger partial charge in [-0.3, -0.25) is 0 Å². The predicted octanol–water partition coefficient (Wildman–Crippen LogP) is 4.10. The Morgan fingerprint density at radius 3 is 2.67 bits per heavy atom. The second-order valence-electron chi connectivity index (χ2n) is 6.93. The number of piperidine rings is 1. The van der Waals surface area contributed by atoms with Crippen LogP contribution in [0.1, 0.15) is 52.1 Å². The SMILES string of the molecule is CC1CC[C@@H](c2cccc(O)c2)N(C(=O)OC(C)(C)C)C1. The summed E-state index contributed by atoms with van der Waals surface area (Å²) in [4.78, 5) is 14.3. The summed E-state index contributed by atoms with van der Waals surface area (Å²) in [5.74, 6) is 0.696. The number of nitrogens with zero attached hydrogens (tertiary/aromatic N) is 1. The molecular formula is C17H25NO3. The zero-order valence-corrected chi connectivity index (χ0v) is 13.3. The van der Waals surface area contributed by atoms with Crippen molar-refractivity contribution in [2.45, 2.75) is 52.2 Å². The van der Waals surface area contributed by atoms with Crippen LogP contribution < -0.4 is 0 Å². The van der Waals surface area contributed by atoms with Gasteiger partial charge in [0.25, 0.3) is 0 Å². The third-order valence-electron chi connectivity index (χ3n) is 3.70. The standard InChI is InChI=1S/C17H25NO3/c1-12-8-9-15(13-6-5-7-14(19)10-13)18(11-12)16(20)21-17(2,3)4/h5-7,10,12,15,19H,8-9,11H2,1-4H3/t12?,15-/m0/s1. The van der Waals surface area contributed by atoms with Crippen LogP contribution in [-0.4, -0.2) is 28.2 Å². The molecule has 4 nitrogen and oxygen atoms in total. The first kappa shape index (κ1) is 15.7. The van der Waals surface area contributed by atoms with Gasteiger partial charge in [0.05, 0.1) is 6.04 Å². The Kier molecular flexibility index (Phi) is 4.45. The number of hydrogen-bond acceptors (Lipinski definition) is 3. The van der Waals surface area contributed by atoms with Crippen LogP contribution in [0.25, 0.3) is 0 Å². The molecule has 1 fully saturated rings. The highest BCUT2D eigenvalue weighted by Gasteiger charge is 2.33. The highest BCUT2D eigenvalue weighted by atomic mass is 16.6. The summed E-state index contributed by atoms with van der Waals surface area (Å²) in [6.45, 7) is 8.47.